The lowest BCUT2D eigenvalue weighted by molar-refractivity contribution is -0.136. The van der Waals surface area contributed by atoms with E-state index >= 15 is 0 Å². The van der Waals surface area contributed by atoms with Crippen LogP contribution in [0.1, 0.15) is 11.4 Å². The average Bonchev–Trinajstić information content (AvgIpc) is 2.73. The predicted molar refractivity (Wildman–Crippen MR) is 72.5 cm³/mol. The molecule has 3 rings (SSSR count). The van der Waals surface area contributed by atoms with Gasteiger partial charge in [-0.2, -0.15) is 0 Å². The van der Waals surface area contributed by atoms with E-state index in [2.05, 4.69) is 26.1 Å². The summed E-state index contributed by atoms with van der Waals surface area (Å²) >= 11 is 3.44. The van der Waals surface area contributed by atoms with Crippen molar-refractivity contribution >= 4 is 15.9 Å². The van der Waals surface area contributed by atoms with Gasteiger partial charge in [0.05, 0.1) is 13.2 Å². The van der Waals surface area contributed by atoms with Crippen molar-refractivity contribution in [3.05, 3.63) is 46.5 Å². The van der Waals surface area contributed by atoms with Gasteiger partial charge in [-0.05, 0) is 17.7 Å². The lowest BCUT2D eigenvalue weighted by atomic mass is 9.79. The number of halogens is 1. The first-order valence-electron chi connectivity index (χ1n) is 6.03. The molecule has 0 radical (unpaired) electrons. The largest absolute Gasteiger partial charge is 0.380 e. The lowest BCUT2D eigenvalue weighted by Gasteiger charge is -2.40. The normalized spacial score (nSPS) is 18.9. The molecule has 1 fully saturated rings. The van der Waals surface area contributed by atoms with E-state index in [1.54, 1.807) is 10.9 Å². The minimum atomic E-state index is -1.17. The maximum Gasteiger partial charge on any atom is 0.169 e. The van der Waals surface area contributed by atoms with Gasteiger partial charge in [0.1, 0.15) is 6.33 Å². The molecule has 1 N–H and O–H groups in total. The third kappa shape index (κ3) is 2.00. The summed E-state index contributed by atoms with van der Waals surface area (Å²) in [5.74, 6) is 0.531. The molecule has 1 atom stereocenters. The van der Waals surface area contributed by atoms with Gasteiger partial charge < -0.3 is 14.4 Å². The summed E-state index contributed by atoms with van der Waals surface area (Å²) in [5, 5.41) is 19.2. The van der Waals surface area contributed by atoms with Crippen LogP contribution in [0.2, 0.25) is 0 Å². The first-order chi connectivity index (χ1) is 9.12. The summed E-state index contributed by atoms with van der Waals surface area (Å²) in [4.78, 5) is 0. The van der Waals surface area contributed by atoms with Crippen LogP contribution in [0.15, 0.2) is 35.1 Å². The second-order valence-corrected chi connectivity index (χ2v) is 5.69. The van der Waals surface area contributed by atoms with Crippen LogP contribution in [0.25, 0.3) is 0 Å². The average molecular weight is 324 g/mol. The van der Waals surface area contributed by atoms with Crippen molar-refractivity contribution in [1.82, 2.24) is 14.8 Å². The number of ether oxygens (including phenoxy) is 1. The van der Waals surface area contributed by atoms with Gasteiger partial charge >= 0.3 is 0 Å². The highest BCUT2D eigenvalue weighted by Crippen LogP contribution is 2.39. The van der Waals surface area contributed by atoms with Crippen LogP contribution in [0.4, 0.5) is 0 Å². The second-order valence-electron chi connectivity index (χ2n) is 4.78. The summed E-state index contributed by atoms with van der Waals surface area (Å²) in [6.45, 7) is 1.05. The van der Waals surface area contributed by atoms with Gasteiger partial charge in [0.15, 0.2) is 11.4 Å². The van der Waals surface area contributed by atoms with E-state index in [4.69, 9.17) is 4.74 Å². The SMILES string of the molecule is Cn1cnnc1C(O)(c1cccc(Br)c1)C1COC1. The molecule has 1 unspecified atom stereocenters. The van der Waals surface area contributed by atoms with E-state index in [0.717, 1.165) is 10.0 Å². The van der Waals surface area contributed by atoms with Crippen molar-refractivity contribution in [1.29, 1.82) is 0 Å². The van der Waals surface area contributed by atoms with Crippen LogP contribution in [-0.2, 0) is 17.4 Å². The highest BCUT2D eigenvalue weighted by atomic mass is 79.9. The second kappa shape index (κ2) is 4.70. The molecule has 0 saturated carbocycles. The van der Waals surface area contributed by atoms with Gasteiger partial charge in [0.2, 0.25) is 0 Å². The van der Waals surface area contributed by atoms with Gasteiger partial charge in [-0.1, -0.05) is 28.1 Å². The number of benzene rings is 1. The standard InChI is InChI=1S/C13H14BrN3O2/c1-17-8-15-16-12(17)13(18,10-6-19-7-10)9-3-2-4-11(14)5-9/h2-5,8,10,18H,6-7H2,1H3. The highest BCUT2D eigenvalue weighted by molar-refractivity contribution is 9.10. The number of rotatable bonds is 3. The van der Waals surface area contributed by atoms with Crippen LogP contribution in [0.3, 0.4) is 0 Å². The molecule has 2 aromatic rings. The van der Waals surface area contributed by atoms with Crippen molar-refractivity contribution in [2.24, 2.45) is 13.0 Å². The molecule has 0 spiro atoms. The Morgan fingerprint density at radius 2 is 2.26 bits per heavy atom. The Morgan fingerprint density at radius 1 is 1.47 bits per heavy atom. The van der Waals surface area contributed by atoms with Crippen LogP contribution in [0.5, 0.6) is 0 Å². The molecule has 19 heavy (non-hydrogen) atoms. The number of hydrogen-bond donors (Lipinski definition) is 1. The molecule has 100 valence electrons. The van der Waals surface area contributed by atoms with E-state index in [9.17, 15) is 5.11 Å². The van der Waals surface area contributed by atoms with Crippen LogP contribution < -0.4 is 0 Å². The molecule has 6 heteroatoms. The number of aliphatic hydroxyl groups is 1. The summed E-state index contributed by atoms with van der Waals surface area (Å²) in [5.41, 5.74) is -0.376. The summed E-state index contributed by atoms with van der Waals surface area (Å²) in [6, 6.07) is 7.64. The Kier molecular flexibility index (Phi) is 3.16. The Bertz CT molecular complexity index is 597. The molecule has 1 aliphatic rings. The maximum atomic E-state index is 11.2. The Balaban J connectivity index is 2.14. The molecular formula is C13H14BrN3O2. The molecule has 0 bridgehead atoms. The van der Waals surface area contributed by atoms with Gasteiger partial charge in [0, 0.05) is 17.4 Å². The van der Waals surface area contributed by atoms with Crippen molar-refractivity contribution in [3.63, 3.8) is 0 Å². The Hall–Kier alpha value is -1.24. The molecule has 2 heterocycles. The van der Waals surface area contributed by atoms with Crippen molar-refractivity contribution in [2.75, 3.05) is 13.2 Å². The third-order valence-corrected chi connectivity index (χ3v) is 4.04. The van der Waals surface area contributed by atoms with Crippen molar-refractivity contribution in [2.45, 2.75) is 5.60 Å². The number of hydrogen-bond acceptors (Lipinski definition) is 4. The Morgan fingerprint density at radius 3 is 2.79 bits per heavy atom. The van der Waals surface area contributed by atoms with Crippen LogP contribution in [0, 0.1) is 5.92 Å². The smallest absolute Gasteiger partial charge is 0.169 e. The van der Waals surface area contributed by atoms with Crippen molar-refractivity contribution < 1.29 is 9.84 Å². The number of aromatic nitrogens is 3. The minimum Gasteiger partial charge on any atom is -0.380 e. The molecule has 1 saturated heterocycles. The van der Waals surface area contributed by atoms with Crippen LogP contribution >= 0.6 is 15.9 Å². The third-order valence-electron chi connectivity index (χ3n) is 3.55. The van der Waals surface area contributed by atoms with Gasteiger partial charge in [-0.25, -0.2) is 0 Å². The molecule has 1 aliphatic heterocycles. The fourth-order valence-electron chi connectivity index (χ4n) is 2.38. The van der Waals surface area contributed by atoms with E-state index in [1.165, 1.54) is 0 Å². The summed E-state index contributed by atoms with van der Waals surface area (Å²) in [7, 11) is 1.83. The van der Waals surface area contributed by atoms with E-state index in [1.807, 2.05) is 31.3 Å². The van der Waals surface area contributed by atoms with Crippen molar-refractivity contribution in [3.8, 4) is 0 Å². The van der Waals surface area contributed by atoms with Gasteiger partial charge in [-0.3, -0.25) is 0 Å². The molecule has 0 aliphatic carbocycles. The van der Waals surface area contributed by atoms with E-state index in [-0.39, 0.29) is 5.92 Å². The minimum absolute atomic E-state index is 0.00954. The first-order valence-corrected chi connectivity index (χ1v) is 6.82. The highest BCUT2D eigenvalue weighted by Gasteiger charge is 2.47. The van der Waals surface area contributed by atoms with Crippen LogP contribution in [-0.4, -0.2) is 33.1 Å². The molecule has 1 aromatic carbocycles. The fourth-order valence-corrected chi connectivity index (χ4v) is 2.78. The summed E-state index contributed by atoms with van der Waals surface area (Å²) in [6.07, 6.45) is 1.60. The lowest BCUT2D eigenvalue weighted by Crippen LogP contribution is -2.48. The molecule has 1 aromatic heterocycles. The monoisotopic (exact) mass is 323 g/mol. The zero-order valence-corrected chi connectivity index (χ0v) is 12.0. The fraction of sp³-hybridized carbons (Fsp3) is 0.385. The van der Waals surface area contributed by atoms with Gasteiger partial charge in [0.25, 0.3) is 0 Å². The topological polar surface area (TPSA) is 60.2 Å². The van der Waals surface area contributed by atoms with Gasteiger partial charge in [-0.15, -0.1) is 10.2 Å². The maximum absolute atomic E-state index is 11.2. The predicted octanol–water partition coefficient (Wildman–Crippen LogP) is 1.46. The Labute approximate surface area is 119 Å². The van der Waals surface area contributed by atoms with E-state index < -0.39 is 5.60 Å². The first kappa shape index (κ1) is 12.8. The zero-order chi connectivity index (χ0) is 13.5. The van der Waals surface area contributed by atoms with E-state index in [0.29, 0.717) is 19.0 Å². The number of aryl methyl sites for hydroxylation is 1. The number of nitrogens with zero attached hydrogens (tertiary/aromatic N) is 3. The molecule has 5 nitrogen and oxygen atoms in total. The quantitative estimate of drug-likeness (QED) is 0.929. The summed E-state index contributed by atoms with van der Waals surface area (Å²) < 4.78 is 7.91. The molecular weight excluding hydrogens is 310 g/mol. The zero-order valence-electron chi connectivity index (χ0n) is 10.5. The molecule has 0 amide bonds.